The molecule has 0 saturated carbocycles. The number of nitrogens with zero attached hydrogens (tertiary/aromatic N) is 2. The topological polar surface area (TPSA) is 76.6 Å². The van der Waals surface area contributed by atoms with Gasteiger partial charge in [-0.15, -0.1) is 0 Å². The fourth-order valence-corrected chi connectivity index (χ4v) is 4.79. The Hall–Kier alpha value is -4.23. The molecule has 2 aromatic heterocycles. The van der Waals surface area contributed by atoms with Gasteiger partial charge in [-0.25, -0.2) is 9.78 Å². The highest BCUT2D eigenvalue weighted by Crippen LogP contribution is 2.39. The number of nitrogens with one attached hydrogen (secondary N) is 1. The third-order valence-corrected chi connectivity index (χ3v) is 6.69. The molecule has 0 bridgehead atoms. The van der Waals surface area contributed by atoms with Crippen LogP contribution in [0.3, 0.4) is 0 Å². The molecular formula is C31H26BrN3O3. The van der Waals surface area contributed by atoms with Crippen molar-refractivity contribution >= 4 is 39.5 Å². The Morgan fingerprint density at radius 3 is 2.47 bits per heavy atom. The molecule has 0 saturated heterocycles. The van der Waals surface area contributed by atoms with E-state index >= 15 is 0 Å². The van der Waals surface area contributed by atoms with Crippen molar-refractivity contribution in [3.8, 4) is 28.3 Å². The van der Waals surface area contributed by atoms with E-state index in [2.05, 4.69) is 38.7 Å². The lowest BCUT2D eigenvalue weighted by Crippen LogP contribution is -2.22. The summed E-state index contributed by atoms with van der Waals surface area (Å²) in [5.41, 5.74) is 5.89. The van der Waals surface area contributed by atoms with Crippen LogP contribution in [0, 0.1) is 0 Å². The van der Waals surface area contributed by atoms with Gasteiger partial charge in [0.25, 0.3) is 0 Å². The maximum Gasteiger partial charge on any atom is 0.352 e. The van der Waals surface area contributed by atoms with Gasteiger partial charge >= 0.3 is 5.97 Å². The van der Waals surface area contributed by atoms with Gasteiger partial charge in [0, 0.05) is 43.8 Å². The number of carbonyl (C=O) groups excluding carboxylic acids is 1. The Kier molecular flexibility index (Phi) is 7.65. The van der Waals surface area contributed by atoms with Crippen molar-refractivity contribution in [2.45, 2.75) is 19.6 Å². The molecular weight excluding hydrogens is 542 g/mol. The highest BCUT2D eigenvalue weighted by Gasteiger charge is 2.28. The number of ether oxygens (including phenoxy) is 2. The number of carbonyl (C=O) groups is 1. The summed E-state index contributed by atoms with van der Waals surface area (Å²) in [5.74, 6) is -0.180. The molecule has 0 radical (unpaired) electrons. The van der Waals surface area contributed by atoms with E-state index in [4.69, 9.17) is 14.5 Å². The quantitative estimate of drug-likeness (QED) is 0.147. The first-order valence-electron chi connectivity index (χ1n) is 12.3. The summed E-state index contributed by atoms with van der Waals surface area (Å²) < 4.78 is 12.8. The van der Waals surface area contributed by atoms with Crippen LogP contribution in [0.25, 0.3) is 33.3 Å². The van der Waals surface area contributed by atoms with Gasteiger partial charge < -0.3 is 14.5 Å². The summed E-state index contributed by atoms with van der Waals surface area (Å²) >= 11 is 3.60. The van der Waals surface area contributed by atoms with Crippen molar-refractivity contribution in [1.82, 2.24) is 9.97 Å². The van der Waals surface area contributed by atoms with Crippen LogP contribution in [0.2, 0.25) is 0 Å². The molecule has 2 heterocycles. The Balaban J connectivity index is 1.74. The van der Waals surface area contributed by atoms with Crippen LogP contribution in [0.5, 0.6) is 5.88 Å². The number of aromatic nitrogens is 2. The summed E-state index contributed by atoms with van der Waals surface area (Å²) in [6, 6.07) is 27.3. The number of rotatable bonds is 9. The van der Waals surface area contributed by atoms with Crippen LogP contribution in [-0.4, -0.2) is 29.3 Å². The summed E-state index contributed by atoms with van der Waals surface area (Å²) in [7, 11) is 0. The largest absolute Gasteiger partial charge is 0.463 e. The first kappa shape index (κ1) is 25.4. The number of esters is 1. The molecule has 1 unspecified atom stereocenters. The molecule has 190 valence electrons. The Morgan fingerprint density at radius 1 is 1.03 bits per heavy atom. The van der Waals surface area contributed by atoms with E-state index in [1.807, 2.05) is 85.1 Å². The van der Waals surface area contributed by atoms with Crippen LogP contribution in [0.15, 0.2) is 101 Å². The molecule has 7 heteroatoms. The van der Waals surface area contributed by atoms with E-state index < -0.39 is 12.1 Å². The van der Waals surface area contributed by atoms with E-state index in [1.165, 1.54) is 0 Å². The van der Waals surface area contributed by atoms with Gasteiger partial charge in [-0.05, 0) is 43.5 Å². The minimum Gasteiger partial charge on any atom is -0.463 e. The maximum absolute atomic E-state index is 13.1. The van der Waals surface area contributed by atoms with Crippen LogP contribution in [0.1, 0.15) is 24.2 Å². The second-order valence-corrected chi connectivity index (χ2v) is 9.56. The summed E-state index contributed by atoms with van der Waals surface area (Å²) in [5, 5.41) is 1.03. The predicted molar refractivity (Wildman–Crippen MR) is 154 cm³/mol. The molecule has 5 rings (SSSR count). The smallest absolute Gasteiger partial charge is 0.352 e. The third-order valence-electron chi connectivity index (χ3n) is 6.19. The zero-order valence-electron chi connectivity index (χ0n) is 20.9. The van der Waals surface area contributed by atoms with Crippen molar-refractivity contribution in [2.24, 2.45) is 4.99 Å². The first-order valence-corrected chi connectivity index (χ1v) is 13.1. The lowest BCUT2D eigenvalue weighted by molar-refractivity contribution is -0.152. The molecule has 38 heavy (non-hydrogen) atoms. The van der Waals surface area contributed by atoms with E-state index in [0.29, 0.717) is 17.1 Å². The molecule has 0 aliphatic heterocycles. The third kappa shape index (κ3) is 5.24. The molecule has 1 atom stereocenters. The average molecular weight is 568 g/mol. The Labute approximate surface area is 229 Å². The summed E-state index contributed by atoms with van der Waals surface area (Å²) in [4.78, 5) is 25.5. The van der Waals surface area contributed by atoms with Crippen molar-refractivity contribution in [3.05, 3.63) is 107 Å². The fourth-order valence-electron chi connectivity index (χ4n) is 4.43. The van der Waals surface area contributed by atoms with Gasteiger partial charge in [0.2, 0.25) is 12.0 Å². The van der Waals surface area contributed by atoms with Gasteiger partial charge in [0.1, 0.15) is 0 Å². The van der Waals surface area contributed by atoms with Gasteiger partial charge in [-0.3, -0.25) is 4.99 Å². The number of H-pyrrole nitrogens is 1. The predicted octanol–water partition coefficient (Wildman–Crippen LogP) is 7.54. The monoisotopic (exact) mass is 567 g/mol. The lowest BCUT2D eigenvalue weighted by atomic mass is 9.97. The molecule has 6 nitrogen and oxygen atoms in total. The second kappa shape index (κ2) is 11.4. The van der Waals surface area contributed by atoms with E-state index in [1.54, 1.807) is 6.92 Å². The zero-order valence-corrected chi connectivity index (χ0v) is 22.4. The number of hydrogen-bond donors (Lipinski definition) is 1. The summed E-state index contributed by atoms with van der Waals surface area (Å²) in [6.45, 7) is 5.99. The number of fused-ring (bicyclic) bond motifs is 1. The van der Waals surface area contributed by atoms with Crippen LogP contribution in [-0.2, 0) is 16.1 Å². The van der Waals surface area contributed by atoms with Gasteiger partial charge in [0.05, 0.1) is 18.8 Å². The Morgan fingerprint density at radius 2 is 1.76 bits per heavy atom. The minimum atomic E-state index is -0.997. The molecule has 5 aromatic rings. The highest BCUT2D eigenvalue weighted by atomic mass is 79.9. The van der Waals surface area contributed by atoms with E-state index in [0.717, 1.165) is 37.6 Å². The molecule has 0 fully saturated rings. The number of aromatic amines is 1. The normalized spacial score (nSPS) is 11.7. The molecule has 0 amide bonds. The van der Waals surface area contributed by atoms with Crippen LogP contribution in [0.4, 0.5) is 0 Å². The van der Waals surface area contributed by atoms with Crippen molar-refractivity contribution in [1.29, 1.82) is 0 Å². The molecule has 3 aromatic carbocycles. The molecule has 0 aliphatic carbocycles. The van der Waals surface area contributed by atoms with E-state index in [-0.39, 0.29) is 13.2 Å². The minimum absolute atomic E-state index is 0.236. The Bertz CT molecular complexity index is 1580. The number of benzene rings is 3. The molecule has 0 spiro atoms. The molecule has 1 N–H and O–H groups in total. The highest BCUT2D eigenvalue weighted by molar-refractivity contribution is 9.10. The van der Waals surface area contributed by atoms with Crippen molar-refractivity contribution in [2.75, 3.05) is 6.61 Å². The lowest BCUT2D eigenvalue weighted by Gasteiger charge is -2.21. The second-order valence-electron chi connectivity index (χ2n) is 8.64. The van der Waals surface area contributed by atoms with Gasteiger partial charge in [-0.1, -0.05) is 76.6 Å². The number of pyridine rings is 1. The SMILES string of the molecule is C=NCc1c(-c2c[nH]c3ccc(Br)cc23)cc(-c2ccccc2)nc1OC(C(=O)OCC)c1ccccc1. The standard InChI is InChI=1S/C31H26BrN3O3/c1-3-37-31(36)29(21-12-8-5-9-13-21)38-30-26(18-33-2)23(17-28(35-30)20-10-6-4-7-11-20)25-19-34-27-15-14-22(32)16-24(25)27/h4-17,19,29,34H,2-3,18H2,1H3. The fraction of sp³-hybridized carbons (Fsp3) is 0.129. The molecule has 0 aliphatic rings. The van der Waals surface area contributed by atoms with E-state index in [9.17, 15) is 4.79 Å². The van der Waals surface area contributed by atoms with Crippen LogP contribution >= 0.6 is 15.9 Å². The first-order chi connectivity index (χ1) is 18.6. The number of halogens is 1. The summed E-state index contributed by atoms with van der Waals surface area (Å²) in [6.07, 6.45) is 0.973. The van der Waals surface area contributed by atoms with Crippen molar-refractivity contribution < 1.29 is 14.3 Å². The van der Waals surface area contributed by atoms with Crippen LogP contribution < -0.4 is 4.74 Å². The average Bonchev–Trinajstić information content (AvgIpc) is 3.36. The van der Waals surface area contributed by atoms with Gasteiger partial charge in [-0.2, -0.15) is 0 Å². The van der Waals surface area contributed by atoms with Crippen molar-refractivity contribution in [3.63, 3.8) is 0 Å². The number of hydrogen-bond acceptors (Lipinski definition) is 5. The zero-order chi connectivity index (χ0) is 26.5. The maximum atomic E-state index is 13.1. The van der Waals surface area contributed by atoms with Gasteiger partial charge in [0.15, 0.2) is 0 Å². The number of aliphatic imine (C=N–C) groups is 1.